The summed E-state index contributed by atoms with van der Waals surface area (Å²) in [6.45, 7) is 3.72. The van der Waals surface area contributed by atoms with Crippen LogP contribution in [0.15, 0.2) is 32.9 Å². The van der Waals surface area contributed by atoms with Crippen LogP contribution in [0.25, 0.3) is 11.2 Å². The van der Waals surface area contributed by atoms with Crippen LogP contribution in [0.5, 0.6) is 0 Å². The number of nitrogens with one attached hydrogen (secondary N) is 1. The predicted octanol–water partition coefficient (Wildman–Crippen LogP) is 0.559. The van der Waals surface area contributed by atoms with Crippen LogP contribution in [0.1, 0.15) is 17.5 Å². The van der Waals surface area contributed by atoms with Crippen molar-refractivity contribution in [2.24, 2.45) is 14.1 Å². The molecule has 13 nitrogen and oxygen atoms in total. The highest BCUT2D eigenvalue weighted by atomic mass is 32.2. The molecule has 0 radical (unpaired) electrons. The van der Waals surface area contributed by atoms with Gasteiger partial charge in [-0.05, 0) is 36.6 Å². The minimum absolute atomic E-state index is 0.00763. The second-order valence-electron chi connectivity index (χ2n) is 9.59. The molecule has 3 aromatic rings. The molecule has 0 aliphatic rings. The summed E-state index contributed by atoms with van der Waals surface area (Å²) in [6, 6.07) is 5.93. The number of ether oxygens (including phenoxy) is 4. The molecule has 1 N–H and O–H groups in total. The summed E-state index contributed by atoms with van der Waals surface area (Å²) in [4.78, 5) is 29.9. The maximum atomic E-state index is 13.0. The van der Waals surface area contributed by atoms with Gasteiger partial charge < -0.3 is 28.8 Å². The summed E-state index contributed by atoms with van der Waals surface area (Å²) < 4.78 is 48.9. The third kappa shape index (κ3) is 8.76. The molecule has 0 spiro atoms. The Morgan fingerprint density at radius 2 is 1.62 bits per heavy atom. The van der Waals surface area contributed by atoms with Gasteiger partial charge in [0.25, 0.3) is 5.56 Å². The van der Waals surface area contributed by atoms with Crippen LogP contribution in [0, 0.1) is 11.8 Å². The van der Waals surface area contributed by atoms with E-state index in [9.17, 15) is 18.0 Å². The van der Waals surface area contributed by atoms with Gasteiger partial charge in [-0.3, -0.25) is 13.9 Å². The maximum Gasteiger partial charge on any atom is 0.333 e. The van der Waals surface area contributed by atoms with E-state index in [0.717, 1.165) is 40.5 Å². The number of fused-ring (bicyclic) bond motifs is 1. The van der Waals surface area contributed by atoms with E-state index in [2.05, 4.69) is 28.2 Å². The number of aromatic nitrogens is 4. The first-order valence-electron chi connectivity index (χ1n) is 13.4. The number of hydrogen-bond acceptors (Lipinski definition) is 10. The summed E-state index contributed by atoms with van der Waals surface area (Å²) >= 11 is 0. The first-order chi connectivity index (χ1) is 20.1. The van der Waals surface area contributed by atoms with Gasteiger partial charge in [0.15, 0.2) is 11.2 Å². The van der Waals surface area contributed by atoms with Crippen molar-refractivity contribution in [1.29, 1.82) is 0 Å². The monoisotopic (exact) mass is 605 g/mol. The molecule has 0 saturated carbocycles. The highest BCUT2D eigenvalue weighted by Crippen LogP contribution is 2.17. The Labute approximate surface area is 245 Å². The van der Waals surface area contributed by atoms with Gasteiger partial charge in [0.1, 0.15) is 0 Å². The van der Waals surface area contributed by atoms with Crippen LogP contribution < -0.4 is 16.6 Å². The summed E-state index contributed by atoms with van der Waals surface area (Å²) in [5, 5.41) is 3.05. The lowest BCUT2D eigenvalue weighted by molar-refractivity contribution is 0.0695. The molecule has 1 aromatic carbocycles. The zero-order valence-corrected chi connectivity index (χ0v) is 25.6. The van der Waals surface area contributed by atoms with Crippen molar-refractivity contribution in [3.63, 3.8) is 0 Å². The second kappa shape index (κ2) is 15.7. The number of nitrogens with zero attached hydrogens (tertiary/aromatic N) is 4. The molecule has 2 heterocycles. The van der Waals surface area contributed by atoms with Crippen molar-refractivity contribution in [1.82, 2.24) is 18.7 Å². The molecule has 0 atom stereocenters. The molecule has 0 saturated heterocycles. The number of imidazole rings is 1. The summed E-state index contributed by atoms with van der Waals surface area (Å²) in [5.74, 6) is 6.10. The quantitative estimate of drug-likeness (QED) is 0.182. The van der Waals surface area contributed by atoms with Gasteiger partial charge in [0, 0.05) is 59.0 Å². The Kier molecular flexibility index (Phi) is 12.3. The fourth-order valence-corrected chi connectivity index (χ4v) is 5.09. The van der Waals surface area contributed by atoms with E-state index >= 15 is 0 Å². The molecule has 0 aliphatic carbocycles. The van der Waals surface area contributed by atoms with E-state index in [1.807, 2.05) is 12.1 Å². The molecule has 2 aromatic heterocycles. The largest absolute Gasteiger partial charge is 0.383 e. The van der Waals surface area contributed by atoms with Gasteiger partial charge in [0.05, 0.1) is 39.6 Å². The average molecular weight is 606 g/mol. The predicted molar refractivity (Wildman–Crippen MR) is 159 cm³/mol. The van der Waals surface area contributed by atoms with Crippen molar-refractivity contribution < 1.29 is 27.4 Å². The molecule has 42 heavy (non-hydrogen) atoms. The lowest BCUT2D eigenvalue weighted by Crippen LogP contribution is -2.38. The zero-order chi connectivity index (χ0) is 30.7. The Balaban J connectivity index is 1.87. The van der Waals surface area contributed by atoms with Crippen LogP contribution in [-0.4, -0.2) is 93.8 Å². The lowest BCUT2D eigenvalue weighted by atomic mass is 10.1. The van der Waals surface area contributed by atoms with E-state index < -0.39 is 21.1 Å². The summed E-state index contributed by atoms with van der Waals surface area (Å²) in [6.07, 6.45) is 2.58. The van der Waals surface area contributed by atoms with Crippen LogP contribution in [0.3, 0.4) is 0 Å². The number of hydrogen-bond donors (Lipinski definition) is 1. The van der Waals surface area contributed by atoms with Crippen molar-refractivity contribution in [2.75, 3.05) is 72.0 Å². The van der Waals surface area contributed by atoms with Crippen LogP contribution in [0.4, 0.5) is 5.69 Å². The first-order valence-corrected chi connectivity index (χ1v) is 15.3. The number of methoxy groups -OCH3 is 2. The fourth-order valence-electron chi connectivity index (χ4n) is 4.25. The van der Waals surface area contributed by atoms with E-state index in [-0.39, 0.29) is 22.9 Å². The van der Waals surface area contributed by atoms with Crippen molar-refractivity contribution in [3.05, 3.63) is 50.2 Å². The Bertz CT molecular complexity index is 1610. The smallest absolute Gasteiger partial charge is 0.333 e. The lowest BCUT2D eigenvalue weighted by Gasteiger charge is -2.11. The van der Waals surface area contributed by atoms with Crippen LogP contribution in [0.2, 0.25) is 0 Å². The summed E-state index contributed by atoms with van der Waals surface area (Å²) in [5.41, 5.74) is 1.36. The van der Waals surface area contributed by atoms with Gasteiger partial charge >= 0.3 is 5.69 Å². The Morgan fingerprint density at radius 1 is 0.929 bits per heavy atom. The molecule has 230 valence electrons. The molecule has 0 fully saturated rings. The topological polar surface area (TPSA) is 145 Å². The maximum absolute atomic E-state index is 13.0. The standard InChI is InChI=1S/C28H39N5O8S/c1-31-24-25(30-27(31)42(5,36)37)33(28(35)32(2)26(24)34)11-6-8-21-18-22(9-7-12-40-16-14-38-3)20-23(19-21)29-10-13-41-17-15-39-4/h18-20,29H,7,9-17H2,1-5H3. The number of rotatable bonds is 16. The molecule has 0 aliphatic heterocycles. The van der Waals surface area contributed by atoms with Crippen molar-refractivity contribution in [2.45, 2.75) is 24.5 Å². The Morgan fingerprint density at radius 3 is 2.29 bits per heavy atom. The molecular formula is C28H39N5O8S. The SMILES string of the molecule is COCCOCCCc1cc(C#CCn2c(=O)n(C)c(=O)c3c2nc(S(C)(=O)=O)n3C)cc(NCCOCCOC)c1. The molecule has 0 bridgehead atoms. The number of sulfone groups is 1. The fraction of sp³-hybridized carbons (Fsp3) is 0.536. The minimum Gasteiger partial charge on any atom is -0.383 e. The zero-order valence-electron chi connectivity index (χ0n) is 24.8. The average Bonchev–Trinajstić information content (AvgIpc) is 3.30. The Hall–Kier alpha value is -3.48. The third-order valence-corrected chi connectivity index (χ3v) is 7.33. The van der Waals surface area contributed by atoms with Gasteiger partial charge in [-0.1, -0.05) is 11.8 Å². The van der Waals surface area contributed by atoms with E-state index in [4.69, 9.17) is 18.9 Å². The normalized spacial score (nSPS) is 11.5. The number of aryl methyl sites for hydroxylation is 2. The molecule has 0 amide bonds. The third-order valence-electron chi connectivity index (χ3n) is 6.30. The number of anilines is 1. The second-order valence-corrected chi connectivity index (χ2v) is 11.5. The number of benzene rings is 1. The minimum atomic E-state index is -3.74. The van der Waals surface area contributed by atoms with Gasteiger partial charge in [0.2, 0.25) is 15.0 Å². The highest BCUT2D eigenvalue weighted by molar-refractivity contribution is 7.90. The van der Waals surface area contributed by atoms with Crippen molar-refractivity contribution >= 4 is 26.7 Å². The van der Waals surface area contributed by atoms with Gasteiger partial charge in [-0.15, -0.1) is 0 Å². The molecular weight excluding hydrogens is 566 g/mol. The van der Waals surface area contributed by atoms with E-state index in [1.54, 1.807) is 14.2 Å². The van der Waals surface area contributed by atoms with Crippen molar-refractivity contribution in [3.8, 4) is 11.8 Å². The first kappa shape index (κ1) is 33.0. The van der Waals surface area contributed by atoms with Crippen LogP contribution >= 0.6 is 0 Å². The highest BCUT2D eigenvalue weighted by Gasteiger charge is 2.23. The summed E-state index contributed by atoms with van der Waals surface area (Å²) in [7, 11) is 2.28. The molecule has 3 rings (SSSR count). The molecule has 14 heteroatoms. The van der Waals surface area contributed by atoms with E-state index in [0.29, 0.717) is 46.2 Å². The van der Waals surface area contributed by atoms with Gasteiger partial charge in [-0.2, -0.15) is 4.98 Å². The van der Waals surface area contributed by atoms with E-state index in [1.165, 1.54) is 23.2 Å². The van der Waals surface area contributed by atoms with Gasteiger partial charge in [-0.25, -0.2) is 13.2 Å². The van der Waals surface area contributed by atoms with Crippen LogP contribution in [-0.2, 0) is 55.8 Å². The molecule has 0 unspecified atom stereocenters.